The summed E-state index contributed by atoms with van der Waals surface area (Å²) in [5.41, 5.74) is 2.17. The lowest BCUT2D eigenvalue weighted by Gasteiger charge is -2.40. The van der Waals surface area contributed by atoms with Crippen molar-refractivity contribution < 1.29 is 14.3 Å². The average Bonchev–Trinajstić information content (AvgIpc) is 2.37. The van der Waals surface area contributed by atoms with E-state index in [4.69, 9.17) is 9.47 Å². The lowest BCUT2D eigenvalue weighted by atomic mass is 9.79. The van der Waals surface area contributed by atoms with Crippen LogP contribution in [0.2, 0.25) is 0 Å². The summed E-state index contributed by atoms with van der Waals surface area (Å²) in [6.07, 6.45) is 2.60. The van der Waals surface area contributed by atoms with E-state index < -0.39 is 5.79 Å². The smallest absolute Gasteiger partial charge is 0.204 e. The molecule has 0 heterocycles. The molecule has 0 amide bonds. The SMILES string of the molecule is COC1(OC)c2ccccc2CCC1C=O. The number of aryl methyl sites for hydroxylation is 1. The maximum Gasteiger partial charge on any atom is 0.204 e. The van der Waals surface area contributed by atoms with Crippen LogP contribution in [0.25, 0.3) is 0 Å². The molecule has 0 aromatic heterocycles. The first-order valence-corrected chi connectivity index (χ1v) is 5.42. The van der Waals surface area contributed by atoms with Gasteiger partial charge >= 0.3 is 0 Å². The minimum absolute atomic E-state index is 0.239. The second kappa shape index (κ2) is 4.36. The minimum Gasteiger partial charge on any atom is -0.349 e. The van der Waals surface area contributed by atoms with Crippen molar-refractivity contribution in [3.05, 3.63) is 35.4 Å². The summed E-state index contributed by atoms with van der Waals surface area (Å²) in [6, 6.07) is 7.97. The second-order valence-electron chi connectivity index (χ2n) is 4.01. The van der Waals surface area contributed by atoms with E-state index in [-0.39, 0.29) is 5.92 Å². The van der Waals surface area contributed by atoms with Crippen molar-refractivity contribution >= 4 is 6.29 Å². The van der Waals surface area contributed by atoms with Gasteiger partial charge in [0.05, 0.1) is 5.92 Å². The number of carbonyl (C=O) groups is 1. The van der Waals surface area contributed by atoms with Gasteiger partial charge in [0.2, 0.25) is 5.79 Å². The van der Waals surface area contributed by atoms with Crippen LogP contribution in [0.1, 0.15) is 17.5 Å². The lowest BCUT2D eigenvalue weighted by Crippen LogP contribution is -2.43. The van der Waals surface area contributed by atoms with Crippen LogP contribution in [0.15, 0.2) is 24.3 Å². The van der Waals surface area contributed by atoms with E-state index in [1.807, 2.05) is 18.2 Å². The Morgan fingerprint density at radius 2 is 2.00 bits per heavy atom. The molecule has 1 atom stereocenters. The summed E-state index contributed by atoms with van der Waals surface area (Å²) >= 11 is 0. The van der Waals surface area contributed by atoms with Crippen molar-refractivity contribution in [2.45, 2.75) is 18.6 Å². The maximum atomic E-state index is 11.1. The number of methoxy groups -OCH3 is 2. The van der Waals surface area contributed by atoms with Gasteiger partial charge in [0.15, 0.2) is 0 Å². The van der Waals surface area contributed by atoms with Crippen molar-refractivity contribution in [1.82, 2.24) is 0 Å². The van der Waals surface area contributed by atoms with Gasteiger partial charge in [-0.2, -0.15) is 0 Å². The first-order chi connectivity index (χ1) is 7.78. The van der Waals surface area contributed by atoms with Crippen LogP contribution in [0.5, 0.6) is 0 Å². The van der Waals surface area contributed by atoms with Gasteiger partial charge in [-0.15, -0.1) is 0 Å². The molecule has 0 N–H and O–H groups in total. The Hall–Kier alpha value is -1.19. The molecule has 0 spiro atoms. The Kier molecular flexibility index (Phi) is 3.08. The Bertz CT molecular complexity index is 383. The summed E-state index contributed by atoms with van der Waals surface area (Å²) < 4.78 is 11.0. The summed E-state index contributed by atoms with van der Waals surface area (Å²) in [6.45, 7) is 0. The van der Waals surface area contributed by atoms with Crippen LogP contribution in [-0.4, -0.2) is 20.5 Å². The Labute approximate surface area is 95.4 Å². The van der Waals surface area contributed by atoms with Crippen LogP contribution in [0.3, 0.4) is 0 Å². The van der Waals surface area contributed by atoms with Crippen LogP contribution in [-0.2, 0) is 26.5 Å². The molecule has 3 nitrogen and oxygen atoms in total. The van der Waals surface area contributed by atoms with Gasteiger partial charge in [0.25, 0.3) is 0 Å². The zero-order valence-electron chi connectivity index (χ0n) is 9.60. The normalized spacial score (nSPS) is 22.5. The standard InChI is InChI=1S/C13H16O3/c1-15-13(16-2)11(9-14)8-7-10-5-3-4-6-12(10)13/h3-6,9,11H,7-8H2,1-2H3. The highest BCUT2D eigenvalue weighted by molar-refractivity contribution is 5.58. The first kappa shape index (κ1) is 11.3. The van der Waals surface area contributed by atoms with Gasteiger partial charge in [-0.05, 0) is 18.4 Å². The van der Waals surface area contributed by atoms with E-state index in [1.165, 1.54) is 5.56 Å². The third-order valence-electron chi connectivity index (χ3n) is 3.38. The highest BCUT2D eigenvalue weighted by Gasteiger charge is 2.45. The molecule has 0 aliphatic heterocycles. The summed E-state index contributed by atoms with van der Waals surface area (Å²) in [5.74, 6) is -1.14. The minimum atomic E-state index is -0.906. The largest absolute Gasteiger partial charge is 0.349 e. The first-order valence-electron chi connectivity index (χ1n) is 5.42. The number of hydrogen-bond acceptors (Lipinski definition) is 3. The molecule has 1 aliphatic rings. The fraction of sp³-hybridized carbons (Fsp3) is 0.462. The van der Waals surface area contributed by atoms with Crippen LogP contribution in [0.4, 0.5) is 0 Å². The number of aldehydes is 1. The number of fused-ring (bicyclic) bond motifs is 1. The second-order valence-corrected chi connectivity index (χ2v) is 4.01. The monoisotopic (exact) mass is 220 g/mol. The summed E-state index contributed by atoms with van der Waals surface area (Å²) in [5, 5.41) is 0. The highest BCUT2D eigenvalue weighted by atomic mass is 16.7. The number of benzene rings is 1. The van der Waals surface area contributed by atoms with Crippen molar-refractivity contribution in [1.29, 1.82) is 0 Å². The van der Waals surface area contributed by atoms with Crippen molar-refractivity contribution in [3.8, 4) is 0 Å². The molecular formula is C13H16O3. The van der Waals surface area contributed by atoms with E-state index in [1.54, 1.807) is 14.2 Å². The molecule has 2 rings (SSSR count). The maximum absolute atomic E-state index is 11.1. The van der Waals surface area contributed by atoms with Gasteiger partial charge in [0.1, 0.15) is 6.29 Å². The molecule has 0 fully saturated rings. The van der Waals surface area contributed by atoms with Crippen molar-refractivity contribution in [2.24, 2.45) is 5.92 Å². The zero-order valence-corrected chi connectivity index (χ0v) is 9.60. The molecule has 0 saturated heterocycles. The highest BCUT2D eigenvalue weighted by Crippen LogP contribution is 2.41. The number of rotatable bonds is 3. The van der Waals surface area contributed by atoms with E-state index in [9.17, 15) is 4.79 Å². The average molecular weight is 220 g/mol. The van der Waals surface area contributed by atoms with E-state index >= 15 is 0 Å². The number of carbonyl (C=O) groups excluding carboxylic acids is 1. The van der Waals surface area contributed by atoms with E-state index in [0.29, 0.717) is 0 Å². The van der Waals surface area contributed by atoms with Crippen LogP contribution >= 0.6 is 0 Å². The van der Waals surface area contributed by atoms with E-state index in [0.717, 1.165) is 24.7 Å². The zero-order chi connectivity index (χ0) is 11.6. The van der Waals surface area contributed by atoms with Crippen LogP contribution < -0.4 is 0 Å². The van der Waals surface area contributed by atoms with Gasteiger partial charge in [-0.25, -0.2) is 0 Å². The number of ether oxygens (including phenoxy) is 2. The number of hydrogen-bond donors (Lipinski definition) is 0. The van der Waals surface area contributed by atoms with Crippen LogP contribution in [0, 0.1) is 5.92 Å². The fourth-order valence-corrected chi connectivity index (χ4v) is 2.54. The molecule has 1 aromatic rings. The van der Waals surface area contributed by atoms with E-state index in [2.05, 4.69) is 6.07 Å². The van der Waals surface area contributed by atoms with Gasteiger partial charge in [-0.1, -0.05) is 24.3 Å². The van der Waals surface area contributed by atoms with Gasteiger partial charge in [-0.3, -0.25) is 0 Å². The molecule has 86 valence electrons. The molecule has 0 bridgehead atoms. The molecule has 1 aromatic carbocycles. The van der Waals surface area contributed by atoms with Gasteiger partial charge < -0.3 is 14.3 Å². The molecule has 0 radical (unpaired) electrons. The molecule has 0 saturated carbocycles. The molecule has 3 heteroatoms. The topological polar surface area (TPSA) is 35.5 Å². The third-order valence-corrected chi connectivity index (χ3v) is 3.38. The fourth-order valence-electron chi connectivity index (χ4n) is 2.54. The molecule has 1 unspecified atom stereocenters. The predicted molar refractivity (Wildman–Crippen MR) is 60.0 cm³/mol. The summed E-state index contributed by atoms with van der Waals surface area (Å²) in [4.78, 5) is 11.1. The quantitative estimate of drug-likeness (QED) is 0.576. The van der Waals surface area contributed by atoms with Crippen molar-refractivity contribution in [3.63, 3.8) is 0 Å². The summed E-state index contributed by atoms with van der Waals surface area (Å²) in [7, 11) is 3.17. The molecular weight excluding hydrogens is 204 g/mol. The Morgan fingerprint density at radius 1 is 1.31 bits per heavy atom. The predicted octanol–water partition coefficient (Wildman–Crippen LogP) is 1.89. The molecule has 16 heavy (non-hydrogen) atoms. The third kappa shape index (κ3) is 1.47. The van der Waals surface area contributed by atoms with Crippen molar-refractivity contribution in [2.75, 3.05) is 14.2 Å². The van der Waals surface area contributed by atoms with Gasteiger partial charge in [0, 0.05) is 19.8 Å². The lowest BCUT2D eigenvalue weighted by molar-refractivity contribution is -0.247. The Balaban J connectivity index is 2.56. The Morgan fingerprint density at radius 3 is 2.62 bits per heavy atom. The molecule has 1 aliphatic carbocycles.